The lowest BCUT2D eigenvalue weighted by Crippen LogP contribution is -2.60. The van der Waals surface area contributed by atoms with Crippen molar-refractivity contribution in [3.63, 3.8) is 0 Å². The maximum atomic E-state index is 14.8. The van der Waals surface area contributed by atoms with Gasteiger partial charge in [0.25, 0.3) is 0 Å². The third-order valence-electron chi connectivity index (χ3n) is 6.69. The number of pyridine rings is 1. The van der Waals surface area contributed by atoms with Crippen molar-refractivity contribution >= 4 is 34.4 Å². The molecule has 3 aromatic heterocycles. The summed E-state index contributed by atoms with van der Waals surface area (Å²) in [5.41, 5.74) is 0.536. The molecule has 12 heteroatoms. The molecule has 0 saturated carbocycles. The van der Waals surface area contributed by atoms with Crippen molar-refractivity contribution in [1.82, 2.24) is 29.6 Å². The summed E-state index contributed by atoms with van der Waals surface area (Å²) in [5.74, 6) is -0.953. The van der Waals surface area contributed by atoms with Crippen LogP contribution in [-0.2, 0) is 4.79 Å². The van der Waals surface area contributed by atoms with E-state index in [-0.39, 0.29) is 46.4 Å². The van der Waals surface area contributed by atoms with E-state index >= 15 is 0 Å². The average Bonchev–Trinajstić information content (AvgIpc) is 3.25. The quantitative estimate of drug-likeness (QED) is 0.395. The number of hydrogen-bond acceptors (Lipinski definition) is 7. The molecule has 4 aromatic rings. The summed E-state index contributed by atoms with van der Waals surface area (Å²) in [6.07, 6.45) is 1.65. The molecule has 0 spiro atoms. The largest absolute Gasteiger partial charge is 0.480 e. The number of aliphatic carboxylic acids is 1. The Bertz CT molecular complexity index is 1620. The number of hydrogen-bond donors (Lipinski definition) is 2. The molecular weight excluding hydrogens is 513 g/mol. The van der Waals surface area contributed by atoms with Gasteiger partial charge in [-0.2, -0.15) is 10.1 Å². The zero-order valence-electron chi connectivity index (χ0n) is 21.3. The number of carboxylic acid groups (broad SMARTS) is 1. The Morgan fingerprint density at radius 3 is 2.66 bits per heavy atom. The summed E-state index contributed by atoms with van der Waals surface area (Å²) >= 11 is 6.68. The van der Waals surface area contributed by atoms with Crippen LogP contribution in [-0.4, -0.2) is 60.6 Å². The van der Waals surface area contributed by atoms with E-state index in [9.17, 15) is 19.1 Å². The number of carbonyl (C=O) groups is 1. The lowest BCUT2D eigenvalue weighted by molar-refractivity contribution is -0.138. The molecule has 2 unspecified atom stereocenters. The molecule has 0 aliphatic carbocycles. The third-order valence-corrected chi connectivity index (χ3v) is 6.98. The van der Waals surface area contributed by atoms with E-state index in [0.29, 0.717) is 23.3 Å². The molecule has 2 N–H and O–H groups in total. The highest BCUT2D eigenvalue weighted by atomic mass is 35.5. The first-order chi connectivity index (χ1) is 18.1. The van der Waals surface area contributed by atoms with Gasteiger partial charge in [-0.05, 0) is 45.9 Å². The number of nitrogens with one attached hydrogen (secondary N) is 1. The highest BCUT2D eigenvalue weighted by molar-refractivity contribution is 6.33. The zero-order valence-corrected chi connectivity index (χ0v) is 22.1. The SMILES string of the molecule is Cc1cnn(C(C)C)c1-n1c(=O)nc(N2C(C)CNCC2C(=O)O)c2cc(Cl)c(-c3ccccc3F)nc21. The number of aromatic nitrogens is 5. The smallest absolute Gasteiger partial charge is 0.357 e. The van der Waals surface area contributed by atoms with E-state index in [0.717, 1.165) is 0 Å². The van der Waals surface area contributed by atoms with Crippen LogP contribution in [0.1, 0.15) is 32.4 Å². The fourth-order valence-electron chi connectivity index (χ4n) is 4.93. The predicted octanol–water partition coefficient (Wildman–Crippen LogP) is 3.58. The maximum Gasteiger partial charge on any atom is 0.357 e. The van der Waals surface area contributed by atoms with Gasteiger partial charge in [0.05, 0.1) is 22.3 Å². The minimum Gasteiger partial charge on any atom is -0.480 e. The number of fused-ring (bicyclic) bond motifs is 1. The van der Waals surface area contributed by atoms with Gasteiger partial charge < -0.3 is 15.3 Å². The first-order valence-corrected chi connectivity index (χ1v) is 12.6. The second kappa shape index (κ2) is 9.80. The molecule has 1 aromatic carbocycles. The van der Waals surface area contributed by atoms with Gasteiger partial charge in [-0.25, -0.2) is 28.2 Å². The van der Waals surface area contributed by atoms with Crippen LogP contribution in [0.3, 0.4) is 0 Å². The average molecular weight is 540 g/mol. The van der Waals surface area contributed by atoms with E-state index in [4.69, 9.17) is 16.6 Å². The Balaban J connectivity index is 1.90. The summed E-state index contributed by atoms with van der Waals surface area (Å²) in [7, 11) is 0. The van der Waals surface area contributed by atoms with Crippen molar-refractivity contribution in [1.29, 1.82) is 0 Å². The van der Waals surface area contributed by atoms with Crippen molar-refractivity contribution in [2.24, 2.45) is 0 Å². The molecule has 0 bridgehead atoms. The topological polar surface area (TPSA) is 118 Å². The third kappa shape index (κ3) is 4.21. The van der Waals surface area contributed by atoms with E-state index < -0.39 is 23.5 Å². The van der Waals surface area contributed by atoms with Gasteiger partial charge in [0, 0.05) is 36.3 Å². The van der Waals surface area contributed by atoms with E-state index in [1.807, 2.05) is 27.7 Å². The van der Waals surface area contributed by atoms with Gasteiger partial charge in [0.15, 0.2) is 5.65 Å². The van der Waals surface area contributed by atoms with Crippen molar-refractivity contribution in [3.05, 3.63) is 63.4 Å². The molecule has 1 fully saturated rings. The molecule has 0 radical (unpaired) electrons. The molecule has 0 amide bonds. The van der Waals surface area contributed by atoms with Crippen molar-refractivity contribution in [2.75, 3.05) is 18.0 Å². The summed E-state index contributed by atoms with van der Waals surface area (Å²) in [4.78, 5) is 36.7. The van der Waals surface area contributed by atoms with Gasteiger partial charge in [-0.15, -0.1) is 0 Å². The highest BCUT2D eigenvalue weighted by Gasteiger charge is 2.36. The number of piperazine rings is 1. The number of carboxylic acids is 1. The Hall–Kier alpha value is -3.83. The Labute approximate surface area is 222 Å². The molecule has 1 saturated heterocycles. The second-order valence-electron chi connectivity index (χ2n) is 9.68. The van der Waals surface area contributed by atoms with Gasteiger partial charge in [0.1, 0.15) is 23.5 Å². The zero-order chi connectivity index (χ0) is 27.3. The molecule has 198 valence electrons. The van der Waals surface area contributed by atoms with Crippen LogP contribution in [0.5, 0.6) is 0 Å². The lowest BCUT2D eigenvalue weighted by Gasteiger charge is -2.40. The maximum absolute atomic E-state index is 14.8. The molecule has 4 heterocycles. The molecule has 10 nitrogen and oxygen atoms in total. The minimum atomic E-state index is -1.06. The first-order valence-electron chi connectivity index (χ1n) is 12.2. The second-order valence-corrected chi connectivity index (χ2v) is 10.1. The molecular formula is C26H27ClFN7O3. The van der Waals surface area contributed by atoms with Gasteiger partial charge in [-0.1, -0.05) is 23.7 Å². The summed E-state index contributed by atoms with van der Waals surface area (Å²) in [6, 6.07) is 6.30. The lowest BCUT2D eigenvalue weighted by atomic mass is 10.1. The first kappa shape index (κ1) is 25.8. The van der Waals surface area contributed by atoms with Crippen LogP contribution in [0.15, 0.2) is 41.3 Å². The predicted molar refractivity (Wildman–Crippen MR) is 143 cm³/mol. The standard InChI is InChI=1S/C26H27ClFN7O3/c1-13(2)35-24(14(3)10-30-35)34-22-17(9-18(27)21(31-22)16-7-5-6-8-19(16)28)23(32-26(34)38)33-15(4)11-29-12-20(33)25(36)37/h5-10,13,15,20,29H,11-12H2,1-4H3,(H,36,37). The Kier molecular flexibility index (Phi) is 6.66. The Morgan fingerprint density at radius 2 is 1.97 bits per heavy atom. The van der Waals surface area contributed by atoms with Crippen LogP contribution in [0.2, 0.25) is 5.02 Å². The van der Waals surface area contributed by atoms with E-state index in [1.54, 1.807) is 40.0 Å². The summed E-state index contributed by atoms with van der Waals surface area (Å²) in [6.45, 7) is 8.19. The summed E-state index contributed by atoms with van der Waals surface area (Å²) in [5, 5.41) is 18.0. The normalized spacial score (nSPS) is 17.9. The summed E-state index contributed by atoms with van der Waals surface area (Å²) < 4.78 is 17.9. The van der Waals surface area contributed by atoms with E-state index in [1.165, 1.54) is 10.6 Å². The minimum absolute atomic E-state index is 0.0942. The van der Waals surface area contributed by atoms with E-state index in [2.05, 4.69) is 15.4 Å². The highest BCUT2D eigenvalue weighted by Crippen LogP contribution is 2.36. The van der Waals surface area contributed by atoms with Crippen LogP contribution in [0.4, 0.5) is 10.2 Å². The number of aryl methyl sites for hydroxylation is 1. The Morgan fingerprint density at radius 1 is 1.24 bits per heavy atom. The molecule has 1 aliphatic heterocycles. The number of nitrogens with zero attached hydrogens (tertiary/aromatic N) is 6. The van der Waals surface area contributed by atoms with Crippen molar-refractivity contribution < 1.29 is 14.3 Å². The van der Waals surface area contributed by atoms with Crippen LogP contribution in [0.25, 0.3) is 28.1 Å². The van der Waals surface area contributed by atoms with Gasteiger partial charge in [-0.3, -0.25) is 0 Å². The molecule has 2 atom stereocenters. The number of rotatable bonds is 5. The fraction of sp³-hybridized carbons (Fsp3) is 0.346. The van der Waals surface area contributed by atoms with Crippen molar-refractivity contribution in [3.8, 4) is 17.1 Å². The molecule has 1 aliphatic rings. The van der Waals surface area contributed by atoms with Gasteiger partial charge in [0.2, 0.25) is 0 Å². The van der Waals surface area contributed by atoms with Crippen LogP contribution < -0.4 is 15.9 Å². The number of halogens is 2. The number of benzene rings is 1. The van der Waals surface area contributed by atoms with Crippen LogP contribution in [0, 0.1) is 12.7 Å². The fourth-order valence-corrected chi connectivity index (χ4v) is 5.18. The molecule has 5 rings (SSSR count). The number of anilines is 1. The van der Waals surface area contributed by atoms with Crippen molar-refractivity contribution in [2.45, 2.75) is 45.8 Å². The monoisotopic (exact) mass is 539 g/mol. The van der Waals surface area contributed by atoms with Gasteiger partial charge >= 0.3 is 11.7 Å². The molecule has 38 heavy (non-hydrogen) atoms. The van der Waals surface area contributed by atoms with Crippen LogP contribution >= 0.6 is 11.6 Å².